The van der Waals surface area contributed by atoms with E-state index >= 15 is 0 Å². The average Bonchev–Trinajstić information content (AvgIpc) is 2.64. The van der Waals surface area contributed by atoms with E-state index in [2.05, 4.69) is 5.32 Å². The first kappa shape index (κ1) is 19.9. The second kappa shape index (κ2) is 9.35. The Balaban J connectivity index is 1.82. The van der Waals surface area contributed by atoms with Crippen LogP contribution < -0.4 is 10.1 Å². The maximum Gasteiger partial charge on any atom is 0.242 e. The van der Waals surface area contributed by atoms with E-state index in [1.54, 1.807) is 24.3 Å². The van der Waals surface area contributed by atoms with Crippen molar-refractivity contribution < 1.29 is 17.9 Å². The highest BCUT2D eigenvalue weighted by Crippen LogP contribution is 2.18. The molecule has 0 aliphatic rings. The Kier molecular flexibility index (Phi) is 7.17. The van der Waals surface area contributed by atoms with Gasteiger partial charge in [-0.15, -0.1) is 0 Å². The van der Waals surface area contributed by atoms with E-state index in [-0.39, 0.29) is 17.3 Å². The quantitative estimate of drug-likeness (QED) is 0.682. The first-order valence-electron chi connectivity index (χ1n) is 8.36. The lowest BCUT2D eigenvalue weighted by Gasteiger charge is -2.15. The normalized spacial score (nSPS) is 11.3. The molecule has 0 aliphatic carbocycles. The lowest BCUT2D eigenvalue weighted by Crippen LogP contribution is -2.27. The van der Waals surface area contributed by atoms with Gasteiger partial charge in [-0.2, -0.15) is 0 Å². The van der Waals surface area contributed by atoms with E-state index in [0.29, 0.717) is 25.0 Å². The second-order valence-corrected chi connectivity index (χ2v) is 8.06. The van der Waals surface area contributed by atoms with Crippen LogP contribution in [0.5, 0.6) is 5.75 Å². The number of para-hydroxylation sites is 1. The molecule has 0 atom stereocenters. The van der Waals surface area contributed by atoms with E-state index in [4.69, 9.17) is 4.74 Å². The van der Waals surface area contributed by atoms with Crippen LogP contribution in [0.4, 0.5) is 0 Å². The first-order valence-corrected chi connectivity index (χ1v) is 9.80. The van der Waals surface area contributed by atoms with Gasteiger partial charge in [-0.05, 0) is 30.2 Å². The van der Waals surface area contributed by atoms with Crippen molar-refractivity contribution >= 4 is 15.9 Å². The van der Waals surface area contributed by atoms with Gasteiger partial charge in [0.1, 0.15) is 5.75 Å². The molecule has 6 nitrogen and oxygen atoms in total. The van der Waals surface area contributed by atoms with E-state index < -0.39 is 10.0 Å². The Morgan fingerprint density at radius 3 is 2.38 bits per heavy atom. The Morgan fingerprint density at radius 1 is 1.04 bits per heavy atom. The van der Waals surface area contributed by atoms with Crippen LogP contribution >= 0.6 is 0 Å². The number of nitrogens with one attached hydrogen (secondary N) is 1. The molecule has 0 unspecified atom stereocenters. The number of carbonyl (C=O) groups is 1. The van der Waals surface area contributed by atoms with Crippen LogP contribution in [-0.4, -0.2) is 39.3 Å². The van der Waals surface area contributed by atoms with Crippen molar-refractivity contribution in [1.82, 2.24) is 9.62 Å². The molecule has 2 aromatic rings. The Labute approximate surface area is 154 Å². The largest absolute Gasteiger partial charge is 0.494 e. The van der Waals surface area contributed by atoms with Gasteiger partial charge < -0.3 is 10.1 Å². The molecular formula is C19H24N2O4S. The van der Waals surface area contributed by atoms with Crippen LogP contribution in [-0.2, 0) is 21.4 Å². The summed E-state index contributed by atoms with van der Waals surface area (Å²) in [4.78, 5) is 12.2. The standard InChI is InChI=1S/C19H24N2O4S/c1-21(2)26(23,24)18-12-7-6-9-16(18)15-20-19(22)13-8-14-25-17-10-4-3-5-11-17/h3-7,9-12H,8,13-15H2,1-2H3,(H,20,22). The van der Waals surface area contributed by atoms with Crippen LogP contribution in [0.25, 0.3) is 0 Å². The van der Waals surface area contributed by atoms with Crippen LogP contribution in [0.15, 0.2) is 59.5 Å². The van der Waals surface area contributed by atoms with Gasteiger partial charge in [0, 0.05) is 27.1 Å². The number of rotatable bonds is 9. The fourth-order valence-corrected chi connectivity index (χ4v) is 3.44. The maximum atomic E-state index is 12.3. The summed E-state index contributed by atoms with van der Waals surface area (Å²) in [7, 11) is -0.578. The highest BCUT2D eigenvalue weighted by atomic mass is 32.2. The number of sulfonamides is 1. The summed E-state index contributed by atoms with van der Waals surface area (Å²) in [6.45, 7) is 0.616. The van der Waals surface area contributed by atoms with Crippen LogP contribution in [0, 0.1) is 0 Å². The predicted molar refractivity (Wildman–Crippen MR) is 100 cm³/mol. The zero-order valence-corrected chi connectivity index (χ0v) is 15.8. The van der Waals surface area contributed by atoms with Gasteiger partial charge in [-0.3, -0.25) is 4.79 Å². The summed E-state index contributed by atoms with van der Waals surface area (Å²) in [5, 5.41) is 2.77. The van der Waals surface area contributed by atoms with Crippen molar-refractivity contribution in [2.45, 2.75) is 24.3 Å². The number of nitrogens with zero attached hydrogens (tertiary/aromatic N) is 1. The van der Waals surface area contributed by atoms with Crippen molar-refractivity contribution in [3.8, 4) is 5.75 Å². The van der Waals surface area contributed by atoms with E-state index in [1.807, 2.05) is 30.3 Å². The summed E-state index contributed by atoms with van der Waals surface area (Å²) >= 11 is 0. The number of hydrogen-bond acceptors (Lipinski definition) is 4. The molecular weight excluding hydrogens is 352 g/mol. The van der Waals surface area contributed by atoms with Crippen molar-refractivity contribution in [2.24, 2.45) is 0 Å². The molecule has 0 radical (unpaired) electrons. The molecule has 0 aliphatic heterocycles. The van der Waals surface area contributed by atoms with Crippen LogP contribution in [0.2, 0.25) is 0 Å². The number of carbonyl (C=O) groups excluding carboxylic acids is 1. The van der Waals surface area contributed by atoms with Crippen molar-refractivity contribution in [3.05, 3.63) is 60.2 Å². The number of hydrogen-bond donors (Lipinski definition) is 1. The zero-order chi connectivity index (χ0) is 19.0. The molecule has 1 N–H and O–H groups in total. The van der Waals surface area contributed by atoms with Gasteiger partial charge in [-0.1, -0.05) is 36.4 Å². The SMILES string of the molecule is CN(C)S(=O)(=O)c1ccccc1CNC(=O)CCCOc1ccccc1. The lowest BCUT2D eigenvalue weighted by molar-refractivity contribution is -0.121. The topological polar surface area (TPSA) is 75.7 Å². The molecule has 0 fully saturated rings. The minimum atomic E-state index is -3.54. The Morgan fingerprint density at radius 2 is 1.69 bits per heavy atom. The van der Waals surface area contributed by atoms with Crippen molar-refractivity contribution in [3.63, 3.8) is 0 Å². The number of ether oxygens (including phenoxy) is 1. The molecule has 2 aromatic carbocycles. The molecule has 0 heterocycles. The summed E-state index contributed by atoms with van der Waals surface area (Å²) in [6.07, 6.45) is 0.897. The fourth-order valence-electron chi connectivity index (χ4n) is 2.32. The predicted octanol–water partition coefficient (Wildman–Crippen LogP) is 2.41. The third kappa shape index (κ3) is 5.57. The lowest BCUT2D eigenvalue weighted by atomic mass is 10.2. The average molecular weight is 376 g/mol. The molecule has 2 rings (SSSR count). The highest BCUT2D eigenvalue weighted by Gasteiger charge is 2.20. The highest BCUT2D eigenvalue weighted by molar-refractivity contribution is 7.89. The summed E-state index contributed by atoms with van der Waals surface area (Å²) in [6, 6.07) is 16.1. The van der Waals surface area contributed by atoms with E-state index in [0.717, 1.165) is 10.1 Å². The fraction of sp³-hybridized carbons (Fsp3) is 0.316. The molecule has 26 heavy (non-hydrogen) atoms. The smallest absolute Gasteiger partial charge is 0.242 e. The third-order valence-electron chi connectivity index (χ3n) is 3.77. The first-order chi connectivity index (χ1) is 12.4. The van der Waals surface area contributed by atoms with Crippen molar-refractivity contribution in [1.29, 1.82) is 0 Å². The van der Waals surface area contributed by atoms with Gasteiger partial charge in [0.15, 0.2) is 0 Å². The summed E-state index contributed by atoms with van der Waals surface area (Å²) < 4.78 is 31.4. The van der Waals surface area contributed by atoms with Crippen LogP contribution in [0.1, 0.15) is 18.4 Å². The van der Waals surface area contributed by atoms with E-state index in [9.17, 15) is 13.2 Å². The zero-order valence-electron chi connectivity index (χ0n) is 15.0. The Hall–Kier alpha value is -2.38. The summed E-state index contributed by atoms with van der Waals surface area (Å²) in [5.41, 5.74) is 0.565. The number of amides is 1. The van der Waals surface area contributed by atoms with Gasteiger partial charge >= 0.3 is 0 Å². The summed E-state index contributed by atoms with van der Waals surface area (Å²) in [5.74, 6) is 0.634. The minimum absolute atomic E-state index is 0.140. The molecule has 0 aromatic heterocycles. The molecule has 0 saturated carbocycles. The van der Waals surface area contributed by atoms with Crippen molar-refractivity contribution in [2.75, 3.05) is 20.7 Å². The molecule has 0 bridgehead atoms. The molecule has 140 valence electrons. The van der Waals surface area contributed by atoms with E-state index in [1.165, 1.54) is 14.1 Å². The monoisotopic (exact) mass is 376 g/mol. The minimum Gasteiger partial charge on any atom is -0.494 e. The number of benzene rings is 2. The Bertz CT molecular complexity index is 820. The second-order valence-electron chi connectivity index (χ2n) is 5.94. The molecule has 1 amide bonds. The van der Waals surface area contributed by atoms with Gasteiger partial charge in [0.05, 0.1) is 11.5 Å². The van der Waals surface area contributed by atoms with Gasteiger partial charge in [0.25, 0.3) is 0 Å². The maximum absolute atomic E-state index is 12.3. The molecule has 0 spiro atoms. The van der Waals surface area contributed by atoms with Gasteiger partial charge in [0.2, 0.25) is 15.9 Å². The molecule has 7 heteroatoms. The molecule has 0 saturated heterocycles. The van der Waals surface area contributed by atoms with Gasteiger partial charge in [-0.25, -0.2) is 12.7 Å². The third-order valence-corrected chi connectivity index (χ3v) is 5.68. The van der Waals surface area contributed by atoms with Crippen LogP contribution in [0.3, 0.4) is 0 Å².